The van der Waals surface area contributed by atoms with Crippen LogP contribution in [0.15, 0.2) is 30.4 Å². The van der Waals surface area contributed by atoms with Crippen molar-refractivity contribution in [1.82, 2.24) is 4.90 Å². The van der Waals surface area contributed by atoms with E-state index in [9.17, 15) is 19.8 Å². The van der Waals surface area contributed by atoms with Crippen LogP contribution in [0.5, 0.6) is 5.75 Å². The summed E-state index contributed by atoms with van der Waals surface area (Å²) >= 11 is 0. The van der Waals surface area contributed by atoms with Crippen molar-refractivity contribution < 1.29 is 24.5 Å². The molecule has 0 spiro atoms. The zero-order valence-corrected chi connectivity index (χ0v) is 15.6. The lowest BCUT2D eigenvalue weighted by Crippen LogP contribution is -2.40. The van der Waals surface area contributed by atoms with Crippen molar-refractivity contribution in [3.8, 4) is 5.75 Å². The second-order valence-electron chi connectivity index (χ2n) is 7.12. The van der Waals surface area contributed by atoms with Crippen LogP contribution in [-0.2, 0) is 15.2 Å². The Morgan fingerprint density at radius 1 is 1.52 bits per heavy atom. The van der Waals surface area contributed by atoms with Gasteiger partial charge in [0.05, 0.1) is 19.8 Å². The lowest BCUT2D eigenvalue weighted by Gasteiger charge is -2.26. The van der Waals surface area contributed by atoms with Gasteiger partial charge in [0.15, 0.2) is 5.60 Å². The van der Waals surface area contributed by atoms with Crippen LogP contribution in [-0.4, -0.2) is 53.2 Å². The number of nitrogens with zero attached hydrogens (tertiary/aromatic N) is 1. The first-order valence-electron chi connectivity index (χ1n) is 9.21. The highest BCUT2D eigenvalue weighted by atomic mass is 16.5. The molecule has 2 heterocycles. The van der Waals surface area contributed by atoms with Gasteiger partial charge in [0.25, 0.3) is 5.91 Å². The largest absolute Gasteiger partial charge is 0.497 e. The number of anilines is 1. The Labute approximate surface area is 158 Å². The first-order chi connectivity index (χ1) is 12.9. The van der Waals surface area contributed by atoms with Gasteiger partial charge in [-0.25, -0.2) is 0 Å². The average molecular weight is 374 g/mol. The van der Waals surface area contributed by atoms with Crippen molar-refractivity contribution in [2.24, 2.45) is 5.92 Å². The number of carbonyl (C=O) groups excluding carboxylic acids is 2. The van der Waals surface area contributed by atoms with Gasteiger partial charge in [-0.15, -0.1) is 0 Å². The summed E-state index contributed by atoms with van der Waals surface area (Å²) in [5.74, 6) is -0.529. The number of amides is 2. The van der Waals surface area contributed by atoms with Crippen LogP contribution in [0.4, 0.5) is 5.69 Å². The van der Waals surface area contributed by atoms with Gasteiger partial charge in [-0.05, 0) is 31.0 Å². The number of aliphatic hydroxyl groups is 2. The molecular weight excluding hydrogens is 348 g/mol. The summed E-state index contributed by atoms with van der Waals surface area (Å²) in [6.07, 6.45) is 5.26. The van der Waals surface area contributed by atoms with Gasteiger partial charge in [-0.3, -0.25) is 9.59 Å². The number of ether oxygens (including phenoxy) is 1. The molecule has 2 aliphatic rings. The number of hydrogen-bond donors (Lipinski definition) is 3. The number of benzene rings is 1. The number of rotatable bonds is 6. The molecule has 1 fully saturated rings. The highest BCUT2D eigenvalue weighted by Crippen LogP contribution is 2.43. The van der Waals surface area contributed by atoms with Crippen molar-refractivity contribution in [1.29, 1.82) is 0 Å². The molecule has 3 rings (SSSR count). The molecule has 0 saturated carbocycles. The number of aliphatic hydroxyl groups excluding tert-OH is 1. The summed E-state index contributed by atoms with van der Waals surface area (Å²) in [5.41, 5.74) is -0.692. The molecule has 3 N–H and O–H groups in total. The topological polar surface area (TPSA) is 99.1 Å². The molecule has 7 heteroatoms. The van der Waals surface area contributed by atoms with Gasteiger partial charge < -0.3 is 25.2 Å². The van der Waals surface area contributed by atoms with Crippen molar-refractivity contribution in [3.63, 3.8) is 0 Å². The monoisotopic (exact) mass is 374 g/mol. The smallest absolute Gasteiger partial charge is 0.261 e. The minimum absolute atomic E-state index is 0.0234. The number of carbonyl (C=O) groups is 2. The highest BCUT2D eigenvalue weighted by molar-refractivity contribution is 6.05. The summed E-state index contributed by atoms with van der Waals surface area (Å²) < 4.78 is 5.20. The summed E-state index contributed by atoms with van der Waals surface area (Å²) in [5, 5.41) is 23.1. The van der Waals surface area contributed by atoms with E-state index in [-0.39, 0.29) is 25.0 Å². The van der Waals surface area contributed by atoms with Gasteiger partial charge in [0, 0.05) is 30.1 Å². The highest BCUT2D eigenvalue weighted by Gasteiger charge is 2.48. The van der Waals surface area contributed by atoms with Crippen molar-refractivity contribution in [2.45, 2.75) is 37.8 Å². The van der Waals surface area contributed by atoms with Gasteiger partial charge in [0.1, 0.15) is 5.75 Å². The zero-order valence-electron chi connectivity index (χ0n) is 15.6. The van der Waals surface area contributed by atoms with E-state index in [0.717, 1.165) is 12.8 Å². The Morgan fingerprint density at radius 3 is 3.00 bits per heavy atom. The van der Waals surface area contributed by atoms with E-state index in [1.807, 2.05) is 0 Å². The summed E-state index contributed by atoms with van der Waals surface area (Å²) in [7, 11) is 1.53. The third-order valence-corrected chi connectivity index (χ3v) is 5.52. The molecule has 1 aromatic rings. The van der Waals surface area contributed by atoms with E-state index in [4.69, 9.17) is 4.74 Å². The fourth-order valence-electron chi connectivity index (χ4n) is 3.85. The Balaban J connectivity index is 1.72. The quantitative estimate of drug-likeness (QED) is 0.654. The molecule has 146 valence electrons. The molecule has 0 aromatic heterocycles. The van der Waals surface area contributed by atoms with E-state index >= 15 is 0 Å². The molecule has 27 heavy (non-hydrogen) atoms. The molecule has 3 atom stereocenters. The maximum absolute atomic E-state index is 12.4. The maximum Gasteiger partial charge on any atom is 0.261 e. The number of methoxy groups -OCH3 is 1. The number of fused-ring (bicyclic) bond motifs is 1. The van der Waals surface area contributed by atoms with Crippen LogP contribution in [0.2, 0.25) is 0 Å². The number of likely N-dealkylation sites (tertiary alicyclic amines) is 1. The fraction of sp³-hybridized carbons (Fsp3) is 0.500. The van der Waals surface area contributed by atoms with E-state index < -0.39 is 17.4 Å². The third kappa shape index (κ3) is 3.44. The molecule has 2 amide bonds. The third-order valence-electron chi connectivity index (χ3n) is 5.52. The van der Waals surface area contributed by atoms with Gasteiger partial charge in [-0.2, -0.15) is 0 Å². The predicted octanol–water partition coefficient (Wildman–Crippen LogP) is 1.40. The molecule has 0 radical (unpaired) electrons. The SMILES string of the molecule is COc1ccc2c(c1)[C@@](O)([C@H](C)/C=C/CC(=O)N1CCC[C@H]1CO)C(=O)N2. The maximum atomic E-state index is 12.4. The van der Waals surface area contributed by atoms with Gasteiger partial charge >= 0.3 is 0 Å². The Morgan fingerprint density at radius 2 is 2.30 bits per heavy atom. The summed E-state index contributed by atoms with van der Waals surface area (Å²) in [6.45, 7) is 2.37. The van der Waals surface area contributed by atoms with Crippen LogP contribution in [0.3, 0.4) is 0 Å². The van der Waals surface area contributed by atoms with Crippen LogP contribution < -0.4 is 10.1 Å². The first-order valence-corrected chi connectivity index (χ1v) is 9.21. The summed E-state index contributed by atoms with van der Waals surface area (Å²) in [4.78, 5) is 26.5. The van der Waals surface area contributed by atoms with Gasteiger partial charge in [0.2, 0.25) is 5.91 Å². The molecule has 1 aromatic carbocycles. The van der Waals surface area contributed by atoms with Crippen LogP contribution in [0, 0.1) is 5.92 Å². The number of nitrogens with one attached hydrogen (secondary N) is 1. The van der Waals surface area contributed by atoms with E-state index in [0.29, 0.717) is 23.5 Å². The van der Waals surface area contributed by atoms with Crippen LogP contribution in [0.1, 0.15) is 31.7 Å². The normalized spacial score (nSPS) is 25.6. The molecular formula is C20H26N2O5. The molecule has 1 saturated heterocycles. The lowest BCUT2D eigenvalue weighted by atomic mass is 9.83. The number of hydrogen-bond acceptors (Lipinski definition) is 5. The minimum atomic E-state index is -1.72. The molecule has 7 nitrogen and oxygen atoms in total. The minimum Gasteiger partial charge on any atom is -0.497 e. The standard InChI is InChI=1S/C20H26N2O5/c1-13(5-3-7-18(24)22-10-4-6-14(22)12-23)20(26)16-11-15(27-2)8-9-17(16)21-19(20)25/h3,5,8-9,11,13-14,23,26H,4,6-7,10,12H2,1-2H3,(H,21,25)/b5-3+/t13-,14+,20+/m1/s1. The van der Waals surface area contributed by atoms with E-state index in [1.54, 1.807) is 42.2 Å². The second-order valence-corrected chi connectivity index (χ2v) is 7.12. The average Bonchev–Trinajstić information content (AvgIpc) is 3.25. The van der Waals surface area contributed by atoms with Crippen molar-refractivity contribution in [3.05, 3.63) is 35.9 Å². The molecule has 2 aliphatic heterocycles. The Kier molecular flexibility index (Phi) is 5.53. The Bertz CT molecular complexity index is 763. The van der Waals surface area contributed by atoms with Crippen LogP contribution >= 0.6 is 0 Å². The van der Waals surface area contributed by atoms with E-state index in [1.165, 1.54) is 7.11 Å². The predicted molar refractivity (Wildman–Crippen MR) is 100 cm³/mol. The lowest BCUT2D eigenvalue weighted by molar-refractivity contribution is -0.137. The van der Waals surface area contributed by atoms with Crippen LogP contribution in [0.25, 0.3) is 0 Å². The second kappa shape index (κ2) is 7.70. The summed E-state index contributed by atoms with van der Waals surface area (Å²) in [6, 6.07) is 4.97. The zero-order chi connectivity index (χ0) is 19.6. The molecule has 0 bridgehead atoms. The molecule has 0 aliphatic carbocycles. The Hall–Kier alpha value is -2.38. The molecule has 0 unspecified atom stereocenters. The fourth-order valence-corrected chi connectivity index (χ4v) is 3.85. The van der Waals surface area contributed by atoms with Crippen molar-refractivity contribution in [2.75, 3.05) is 25.6 Å². The van der Waals surface area contributed by atoms with Gasteiger partial charge in [-0.1, -0.05) is 19.1 Å². The first kappa shape index (κ1) is 19.4. The van der Waals surface area contributed by atoms with E-state index in [2.05, 4.69) is 5.32 Å². The van der Waals surface area contributed by atoms with Crippen molar-refractivity contribution >= 4 is 17.5 Å².